The molecule has 3 rings (SSSR count). The largest absolute Gasteiger partial charge is 0.391 e. The second-order valence-corrected chi connectivity index (χ2v) is 7.14. The molecule has 2 heterocycles. The van der Waals surface area contributed by atoms with Gasteiger partial charge in [0.25, 0.3) is 5.91 Å². The Balaban J connectivity index is 2.19. The van der Waals surface area contributed by atoms with Crippen molar-refractivity contribution in [2.75, 3.05) is 25.6 Å². The van der Waals surface area contributed by atoms with E-state index in [-0.39, 0.29) is 18.4 Å². The summed E-state index contributed by atoms with van der Waals surface area (Å²) in [5.41, 5.74) is 2.61. The van der Waals surface area contributed by atoms with Crippen LogP contribution < -0.4 is 10.6 Å². The Bertz CT molecular complexity index is 1060. The maximum atomic E-state index is 13.1. The van der Waals surface area contributed by atoms with Crippen LogP contribution in [0.4, 0.5) is 5.69 Å². The van der Waals surface area contributed by atoms with Crippen molar-refractivity contribution in [3.8, 4) is 11.5 Å². The number of aromatic nitrogens is 3. The lowest BCUT2D eigenvalue weighted by atomic mass is 10.1. The van der Waals surface area contributed by atoms with E-state index in [1.807, 2.05) is 29.7 Å². The lowest BCUT2D eigenvalue weighted by molar-refractivity contribution is -0.114. The predicted molar refractivity (Wildman–Crippen MR) is 118 cm³/mol. The highest BCUT2D eigenvalue weighted by Gasteiger charge is 2.21. The SMILES string of the molecule is CCC(O)CNC(=O)c1cc(NC(C)=O)cc2nc(-c3ccccn3)n(CCOC)c12. The van der Waals surface area contributed by atoms with Crippen molar-refractivity contribution in [1.82, 2.24) is 19.9 Å². The van der Waals surface area contributed by atoms with Crippen LogP contribution in [0.1, 0.15) is 30.6 Å². The number of aliphatic hydroxyl groups excluding tert-OH is 1. The van der Waals surface area contributed by atoms with E-state index in [9.17, 15) is 14.7 Å². The van der Waals surface area contributed by atoms with Gasteiger partial charge in [-0.05, 0) is 30.7 Å². The molecule has 0 saturated heterocycles. The number of nitrogens with zero attached hydrogens (tertiary/aromatic N) is 3. The molecule has 2 aromatic heterocycles. The molecule has 0 aliphatic rings. The highest BCUT2D eigenvalue weighted by Crippen LogP contribution is 2.29. The molecule has 1 unspecified atom stereocenters. The summed E-state index contributed by atoms with van der Waals surface area (Å²) in [5, 5.41) is 15.3. The maximum Gasteiger partial charge on any atom is 0.253 e. The second-order valence-electron chi connectivity index (χ2n) is 7.14. The number of aliphatic hydroxyl groups is 1. The lowest BCUT2D eigenvalue weighted by Crippen LogP contribution is -2.32. The summed E-state index contributed by atoms with van der Waals surface area (Å²) in [6, 6.07) is 8.87. The van der Waals surface area contributed by atoms with Crippen LogP contribution in [0.3, 0.4) is 0 Å². The van der Waals surface area contributed by atoms with Gasteiger partial charge in [-0.15, -0.1) is 0 Å². The van der Waals surface area contributed by atoms with Crippen molar-refractivity contribution in [2.24, 2.45) is 0 Å². The van der Waals surface area contributed by atoms with Crippen molar-refractivity contribution < 1.29 is 19.4 Å². The number of rotatable bonds is 9. The topological polar surface area (TPSA) is 118 Å². The third-order valence-electron chi connectivity index (χ3n) is 4.79. The molecule has 9 nitrogen and oxygen atoms in total. The van der Waals surface area contributed by atoms with Gasteiger partial charge in [-0.2, -0.15) is 0 Å². The molecule has 1 aromatic carbocycles. The molecular formula is C22H27N5O4. The normalized spacial score (nSPS) is 12.0. The first-order chi connectivity index (χ1) is 14.9. The molecular weight excluding hydrogens is 398 g/mol. The zero-order valence-electron chi connectivity index (χ0n) is 17.9. The number of methoxy groups -OCH3 is 1. The summed E-state index contributed by atoms with van der Waals surface area (Å²) in [5.74, 6) is -0.0259. The third-order valence-corrected chi connectivity index (χ3v) is 4.79. The maximum absolute atomic E-state index is 13.1. The number of hydrogen-bond donors (Lipinski definition) is 3. The van der Waals surface area contributed by atoms with Crippen LogP contribution in [0.2, 0.25) is 0 Å². The number of carbonyl (C=O) groups excluding carboxylic acids is 2. The van der Waals surface area contributed by atoms with Gasteiger partial charge in [0.15, 0.2) is 5.82 Å². The highest BCUT2D eigenvalue weighted by atomic mass is 16.5. The molecule has 0 saturated carbocycles. The van der Waals surface area contributed by atoms with Gasteiger partial charge in [-0.25, -0.2) is 4.98 Å². The number of amides is 2. The first kappa shape index (κ1) is 22.4. The van der Waals surface area contributed by atoms with Crippen molar-refractivity contribution in [3.05, 3.63) is 42.1 Å². The third kappa shape index (κ3) is 5.25. The Morgan fingerprint density at radius 1 is 1.29 bits per heavy atom. The summed E-state index contributed by atoms with van der Waals surface area (Å²) in [4.78, 5) is 33.8. The Labute approximate surface area is 180 Å². The molecule has 164 valence electrons. The Kier molecular flexibility index (Phi) is 7.32. The van der Waals surface area contributed by atoms with Gasteiger partial charge in [-0.1, -0.05) is 13.0 Å². The van der Waals surface area contributed by atoms with E-state index >= 15 is 0 Å². The zero-order chi connectivity index (χ0) is 22.4. The molecule has 0 fully saturated rings. The van der Waals surface area contributed by atoms with Crippen molar-refractivity contribution in [2.45, 2.75) is 32.9 Å². The average molecular weight is 425 g/mol. The van der Waals surface area contributed by atoms with Crippen LogP contribution in [0, 0.1) is 0 Å². The highest BCUT2D eigenvalue weighted by molar-refractivity contribution is 6.08. The standard InChI is InChI=1S/C22H27N5O4/c1-4-16(29)13-24-22(30)17-11-15(25-14(2)28)12-19-20(17)27(9-10-31-3)21(26-19)18-7-5-6-8-23-18/h5-8,11-12,16,29H,4,9-10,13H2,1-3H3,(H,24,30)(H,25,28). The number of imidazole rings is 1. The van der Waals surface area contributed by atoms with Crippen LogP contribution in [0.15, 0.2) is 36.5 Å². The fourth-order valence-electron chi connectivity index (χ4n) is 3.26. The van der Waals surface area contributed by atoms with Crippen LogP contribution in [0.5, 0.6) is 0 Å². The van der Waals surface area contributed by atoms with Crippen molar-refractivity contribution in [3.63, 3.8) is 0 Å². The van der Waals surface area contributed by atoms with Gasteiger partial charge in [0.05, 0.1) is 29.3 Å². The van der Waals surface area contributed by atoms with Gasteiger partial charge < -0.3 is 25.0 Å². The smallest absolute Gasteiger partial charge is 0.253 e. The van der Waals surface area contributed by atoms with E-state index in [2.05, 4.69) is 15.6 Å². The Morgan fingerprint density at radius 2 is 2.10 bits per heavy atom. The summed E-state index contributed by atoms with van der Waals surface area (Å²) in [6.07, 6.45) is 1.56. The second kappa shape index (κ2) is 10.1. The number of ether oxygens (including phenoxy) is 1. The van der Waals surface area contributed by atoms with E-state index in [4.69, 9.17) is 9.72 Å². The fraction of sp³-hybridized carbons (Fsp3) is 0.364. The number of nitrogens with one attached hydrogen (secondary N) is 2. The van der Waals surface area contributed by atoms with Crippen LogP contribution >= 0.6 is 0 Å². The van der Waals surface area contributed by atoms with Gasteiger partial charge in [0.2, 0.25) is 5.91 Å². The van der Waals surface area contributed by atoms with Crippen LogP contribution in [-0.4, -0.2) is 57.8 Å². The first-order valence-electron chi connectivity index (χ1n) is 10.1. The average Bonchev–Trinajstić information content (AvgIpc) is 3.13. The molecule has 3 N–H and O–H groups in total. The number of hydrogen-bond acceptors (Lipinski definition) is 6. The first-order valence-corrected chi connectivity index (χ1v) is 10.1. The van der Waals surface area contributed by atoms with E-state index in [0.717, 1.165) is 0 Å². The van der Waals surface area contributed by atoms with Gasteiger partial charge in [0.1, 0.15) is 5.69 Å². The number of fused-ring (bicyclic) bond motifs is 1. The predicted octanol–water partition coefficient (Wildman–Crippen LogP) is 2.20. The van der Waals surface area contributed by atoms with Gasteiger partial charge in [-0.3, -0.25) is 14.6 Å². The molecule has 1 atom stereocenters. The lowest BCUT2D eigenvalue weighted by Gasteiger charge is -2.14. The monoisotopic (exact) mass is 425 g/mol. The molecule has 0 radical (unpaired) electrons. The molecule has 0 aliphatic heterocycles. The van der Waals surface area contributed by atoms with Crippen molar-refractivity contribution in [1.29, 1.82) is 0 Å². The summed E-state index contributed by atoms with van der Waals surface area (Å²) < 4.78 is 7.16. The summed E-state index contributed by atoms with van der Waals surface area (Å²) in [6.45, 7) is 4.23. The molecule has 0 spiro atoms. The number of anilines is 1. The Hall–Kier alpha value is -3.30. The molecule has 3 aromatic rings. The summed E-state index contributed by atoms with van der Waals surface area (Å²) in [7, 11) is 1.61. The Morgan fingerprint density at radius 3 is 2.74 bits per heavy atom. The summed E-state index contributed by atoms with van der Waals surface area (Å²) >= 11 is 0. The number of benzene rings is 1. The van der Waals surface area contributed by atoms with E-state index in [1.54, 1.807) is 25.4 Å². The van der Waals surface area contributed by atoms with Gasteiger partial charge >= 0.3 is 0 Å². The zero-order valence-corrected chi connectivity index (χ0v) is 17.9. The number of carbonyl (C=O) groups is 2. The molecule has 9 heteroatoms. The quantitative estimate of drug-likeness (QED) is 0.484. The fourth-order valence-corrected chi connectivity index (χ4v) is 3.26. The minimum absolute atomic E-state index is 0.125. The molecule has 31 heavy (non-hydrogen) atoms. The molecule has 0 bridgehead atoms. The molecule has 2 amide bonds. The van der Waals surface area contributed by atoms with E-state index in [1.165, 1.54) is 6.92 Å². The van der Waals surface area contributed by atoms with E-state index in [0.29, 0.717) is 53.4 Å². The van der Waals surface area contributed by atoms with Crippen molar-refractivity contribution >= 4 is 28.5 Å². The molecule has 0 aliphatic carbocycles. The number of pyridine rings is 1. The van der Waals surface area contributed by atoms with Gasteiger partial charge in [0, 0.05) is 39.0 Å². The minimum atomic E-state index is -0.638. The van der Waals surface area contributed by atoms with Crippen LogP contribution in [0.25, 0.3) is 22.6 Å². The minimum Gasteiger partial charge on any atom is -0.391 e. The van der Waals surface area contributed by atoms with Crippen LogP contribution in [-0.2, 0) is 16.1 Å². The van der Waals surface area contributed by atoms with E-state index < -0.39 is 6.10 Å².